The Labute approximate surface area is 140 Å². The lowest BCUT2D eigenvalue weighted by Gasteiger charge is -2.12. The lowest BCUT2D eigenvalue weighted by atomic mass is 10.3. The maximum Gasteiger partial charge on any atom is 0.348 e. The number of aliphatic hydroxyl groups excluding tert-OH is 2. The van der Waals surface area contributed by atoms with E-state index in [1.807, 2.05) is 6.07 Å². The van der Waals surface area contributed by atoms with Crippen molar-refractivity contribution < 1.29 is 24.5 Å². The maximum atomic E-state index is 11.8. The van der Waals surface area contributed by atoms with Crippen molar-refractivity contribution in [1.29, 1.82) is 0 Å². The van der Waals surface area contributed by atoms with Gasteiger partial charge in [0.25, 0.3) is 0 Å². The molecule has 0 aliphatic heterocycles. The zero-order valence-electron chi connectivity index (χ0n) is 11.4. The molecule has 0 aromatic carbocycles. The summed E-state index contributed by atoms with van der Waals surface area (Å²) in [5.41, 5.74) is 0. The number of hydrogen-bond donors (Lipinski definition) is 3. The van der Waals surface area contributed by atoms with Gasteiger partial charge in [-0.1, -0.05) is 22.6 Å². The van der Waals surface area contributed by atoms with Gasteiger partial charge in [0.2, 0.25) is 5.91 Å². The van der Waals surface area contributed by atoms with Crippen molar-refractivity contribution in [2.24, 2.45) is 0 Å². The molecule has 0 aliphatic rings. The number of carbonyl (C=O) groups excluding carboxylic acids is 2. The van der Waals surface area contributed by atoms with Gasteiger partial charge in [0.1, 0.15) is 11.5 Å². The van der Waals surface area contributed by atoms with E-state index in [-0.39, 0.29) is 32.1 Å². The number of nitrogens with one attached hydrogen (secondary N) is 1. The number of esters is 1. The predicted molar refractivity (Wildman–Crippen MR) is 87.9 cm³/mol. The lowest BCUT2D eigenvalue weighted by molar-refractivity contribution is -0.123. The van der Waals surface area contributed by atoms with Gasteiger partial charge >= 0.3 is 5.97 Å². The molecule has 0 aliphatic carbocycles. The van der Waals surface area contributed by atoms with Crippen LogP contribution in [-0.2, 0) is 16.0 Å². The van der Waals surface area contributed by atoms with Crippen LogP contribution in [0.3, 0.4) is 0 Å². The van der Waals surface area contributed by atoms with E-state index in [1.165, 1.54) is 11.3 Å². The van der Waals surface area contributed by atoms with Crippen LogP contribution in [0.15, 0.2) is 12.1 Å². The molecular formula is C13H18INO5S. The predicted octanol–water partition coefficient (Wildman–Crippen LogP) is 0.742. The smallest absolute Gasteiger partial charge is 0.348 e. The van der Waals surface area contributed by atoms with E-state index in [9.17, 15) is 9.59 Å². The highest BCUT2D eigenvalue weighted by Crippen LogP contribution is 2.18. The van der Waals surface area contributed by atoms with Crippen LogP contribution in [0.1, 0.15) is 21.0 Å². The molecule has 1 heterocycles. The normalized spacial score (nSPS) is 10.7. The number of hydrogen-bond acceptors (Lipinski definition) is 6. The second kappa shape index (κ2) is 10.1. The number of thiophene rings is 1. The molecule has 1 amide bonds. The Morgan fingerprint density at radius 1 is 1.33 bits per heavy atom. The second-order valence-corrected chi connectivity index (χ2v) is 6.47. The van der Waals surface area contributed by atoms with E-state index in [4.69, 9.17) is 14.9 Å². The standard InChI is InChI=1S/C13H18INO5S/c14-5-3-10-1-2-11(21-10)13(19)20-6-4-12(18)15-9(7-16)8-17/h1-2,9,16-17H,3-8H2,(H,15,18). The first-order chi connectivity index (χ1) is 10.1. The Kier molecular flexibility index (Phi) is 8.81. The third kappa shape index (κ3) is 6.72. The summed E-state index contributed by atoms with van der Waals surface area (Å²) >= 11 is 3.67. The number of amides is 1. The highest BCUT2D eigenvalue weighted by molar-refractivity contribution is 14.1. The summed E-state index contributed by atoms with van der Waals surface area (Å²) < 4.78 is 6.01. The van der Waals surface area contributed by atoms with Crippen molar-refractivity contribution in [1.82, 2.24) is 5.32 Å². The number of carbonyl (C=O) groups is 2. The fourth-order valence-electron chi connectivity index (χ4n) is 1.47. The van der Waals surface area contributed by atoms with E-state index < -0.39 is 12.0 Å². The van der Waals surface area contributed by atoms with Gasteiger partial charge in [-0.2, -0.15) is 0 Å². The molecule has 0 spiro atoms. The summed E-state index contributed by atoms with van der Waals surface area (Å²) in [6, 6.07) is 2.95. The maximum absolute atomic E-state index is 11.8. The van der Waals surface area contributed by atoms with Gasteiger partial charge in [-0.05, 0) is 18.6 Å². The zero-order valence-corrected chi connectivity index (χ0v) is 14.4. The van der Waals surface area contributed by atoms with Gasteiger partial charge in [-0.25, -0.2) is 4.79 Å². The van der Waals surface area contributed by atoms with Crippen molar-refractivity contribution >= 4 is 45.8 Å². The fourth-order valence-corrected chi connectivity index (χ4v) is 3.32. The van der Waals surface area contributed by atoms with Crippen LogP contribution >= 0.6 is 33.9 Å². The monoisotopic (exact) mass is 427 g/mol. The van der Waals surface area contributed by atoms with E-state index in [0.29, 0.717) is 4.88 Å². The zero-order chi connectivity index (χ0) is 15.7. The van der Waals surface area contributed by atoms with Crippen LogP contribution in [0, 0.1) is 0 Å². The van der Waals surface area contributed by atoms with Crippen LogP contribution in [0.4, 0.5) is 0 Å². The summed E-state index contributed by atoms with van der Waals surface area (Å²) in [5.74, 6) is -0.818. The lowest BCUT2D eigenvalue weighted by Crippen LogP contribution is -2.40. The largest absolute Gasteiger partial charge is 0.461 e. The first-order valence-corrected chi connectivity index (χ1v) is 8.77. The Bertz CT molecular complexity index is 461. The van der Waals surface area contributed by atoms with Gasteiger partial charge in [0, 0.05) is 9.30 Å². The van der Waals surface area contributed by atoms with Crippen LogP contribution < -0.4 is 5.32 Å². The number of alkyl halides is 1. The van der Waals surface area contributed by atoms with Gasteiger partial charge in [0.15, 0.2) is 0 Å². The molecule has 1 aromatic heterocycles. The molecule has 3 N–H and O–H groups in total. The average Bonchev–Trinajstić information content (AvgIpc) is 2.93. The number of halogens is 1. The Morgan fingerprint density at radius 3 is 2.67 bits per heavy atom. The quantitative estimate of drug-likeness (QED) is 0.307. The van der Waals surface area contributed by atoms with Crippen molar-refractivity contribution in [3.63, 3.8) is 0 Å². The minimum atomic E-state index is -0.679. The molecule has 8 heteroatoms. The van der Waals surface area contributed by atoms with Crippen molar-refractivity contribution in [3.8, 4) is 0 Å². The number of ether oxygens (including phenoxy) is 1. The van der Waals surface area contributed by atoms with Gasteiger partial charge < -0.3 is 20.3 Å². The molecule has 0 radical (unpaired) electrons. The molecule has 1 aromatic rings. The highest BCUT2D eigenvalue weighted by Gasteiger charge is 2.13. The summed E-state index contributed by atoms with van der Waals surface area (Å²) in [6.07, 6.45) is 0.916. The third-order valence-corrected chi connectivity index (χ3v) is 4.24. The summed E-state index contributed by atoms with van der Waals surface area (Å²) in [6.45, 7) is -0.707. The van der Waals surface area contributed by atoms with Crippen LogP contribution in [0.25, 0.3) is 0 Å². The Hall–Kier alpha value is -0.710. The molecule has 0 unspecified atom stereocenters. The SMILES string of the molecule is O=C(CCOC(=O)c1ccc(CCI)s1)NC(CO)CO. The first-order valence-electron chi connectivity index (χ1n) is 6.43. The average molecular weight is 427 g/mol. The number of aryl methyl sites for hydroxylation is 1. The molecule has 1 rings (SSSR count). The minimum Gasteiger partial charge on any atom is -0.461 e. The second-order valence-electron chi connectivity index (χ2n) is 4.22. The van der Waals surface area contributed by atoms with E-state index in [0.717, 1.165) is 15.7 Å². The summed E-state index contributed by atoms with van der Waals surface area (Å²) in [7, 11) is 0. The molecule has 118 valence electrons. The molecule has 0 bridgehead atoms. The molecule has 0 saturated heterocycles. The van der Waals surface area contributed by atoms with Crippen molar-refractivity contribution in [2.75, 3.05) is 24.2 Å². The molecular weight excluding hydrogens is 409 g/mol. The van der Waals surface area contributed by atoms with Crippen molar-refractivity contribution in [2.45, 2.75) is 18.9 Å². The van der Waals surface area contributed by atoms with Crippen LogP contribution in [0.5, 0.6) is 0 Å². The molecule has 21 heavy (non-hydrogen) atoms. The highest BCUT2D eigenvalue weighted by atomic mass is 127. The van der Waals surface area contributed by atoms with E-state index in [2.05, 4.69) is 27.9 Å². The van der Waals surface area contributed by atoms with Crippen molar-refractivity contribution in [3.05, 3.63) is 21.9 Å². The number of aliphatic hydroxyl groups is 2. The molecule has 0 fully saturated rings. The molecule has 6 nitrogen and oxygen atoms in total. The number of rotatable bonds is 9. The topological polar surface area (TPSA) is 95.9 Å². The fraction of sp³-hybridized carbons (Fsp3) is 0.538. The van der Waals surface area contributed by atoms with Gasteiger partial charge in [-0.3, -0.25) is 4.79 Å². The van der Waals surface area contributed by atoms with E-state index >= 15 is 0 Å². The summed E-state index contributed by atoms with van der Waals surface area (Å²) in [5, 5.41) is 20.1. The third-order valence-electron chi connectivity index (χ3n) is 2.57. The minimum absolute atomic E-state index is 0.00573. The van der Waals surface area contributed by atoms with Crippen LogP contribution in [0.2, 0.25) is 0 Å². The Balaban J connectivity index is 2.31. The van der Waals surface area contributed by atoms with Gasteiger partial charge in [-0.15, -0.1) is 11.3 Å². The van der Waals surface area contributed by atoms with E-state index in [1.54, 1.807) is 6.07 Å². The van der Waals surface area contributed by atoms with Crippen LogP contribution in [-0.4, -0.2) is 52.4 Å². The molecule has 0 saturated carbocycles. The summed E-state index contributed by atoms with van der Waals surface area (Å²) in [4.78, 5) is 24.9. The first kappa shape index (κ1) is 18.3. The Morgan fingerprint density at radius 2 is 2.05 bits per heavy atom. The van der Waals surface area contributed by atoms with Gasteiger partial charge in [0.05, 0.1) is 25.7 Å². The molecule has 0 atom stereocenters.